The predicted molar refractivity (Wildman–Crippen MR) is 87.5 cm³/mol. The Hall–Kier alpha value is -1.11. The first-order chi connectivity index (χ1) is 9.47. The monoisotopic (exact) mass is 386 g/mol. The Balaban J connectivity index is 1.99. The normalized spacial score (nSPS) is 16.1. The Labute approximate surface area is 133 Å². The highest BCUT2D eigenvalue weighted by Crippen LogP contribution is 2.19. The van der Waals surface area contributed by atoms with Crippen molar-refractivity contribution in [1.29, 1.82) is 0 Å². The van der Waals surface area contributed by atoms with Crippen LogP contribution in [0, 0.1) is 16.4 Å². The van der Waals surface area contributed by atoms with E-state index in [4.69, 9.17) is 0 Å². The van der Waals surface area contributed by atoms with Gasteiger partial charge in [-0.15, -0.1) is 0 Å². The van der Waals surface area contributed by atoms with E-state index in [1.807, 2.05) is 25.1 Å². The van der Waals surface area contributed by atoms with E-state index < -0.39 is 11.8 Å². The van der Waals surface area contributed by atoms with Crippen LogP contribution in [-0.4, -0.2) is 29.8 Å². The van der Waals surface area contributed by atoms with E-state index >= 15 is 0 Å². The number of nitrogens with one attached hydrogen (secondary N) is 1. The summed E-state index contributed by atoms with van der Waals surface area (Å²) in [6.45, 7) is 5.46. The van der Waals surface area contributed by atoms with Gasteiger partial charge in [-0.3, -0.25) is 9.59 Å². The number of carbonyl (C=O) groups is 2. The fourth-order valence-electron chi connectivity index (χ4n) is 2.30. The number of piperidine rings is 1. The van der Waals surface area contributed by atoms with Gasteiger partial charge in [-0.1, -0.05) is 6.92 Å². The van der Waals surface area contributed by atoms with Crippen LogP contribution in [0.25, 0.3) is 0 Å². The van der Waals surface area contributed by atoms with Gasteiger partial charge in [0.25, 0.3) is 0 Å². The summed E-state index contributed by atoms with van der Waals surface area (Å²) < 4.78 is 1.11. The van der Waals surface area contributed by atoms with Gasteiger partial charge in [0.2, 0.25) is 0 Å². The van der Waals surface area contributed by atoms with Gasteiger partial charge < -0.3 is 10.2 Å². The minimum atomic E-state index is -0.538. The third kappa shape index (κ3) is 3.71. The number of nitrogens with zero attached hydrogens (tertiary/aromatic N) is 1. The van der Waals surface area contributed by atoms with E-state index in [0.717, 1.165) is 22.0 Å². The summed E-state index contributed by atoms with van der Waals surface area (Å²) in [6, 6.07) is 5.72. The van der Waals surface area contributed by atoms with Gasteiger partial charge >= 0.3 is 11.8 Å². The lowest BCUT2D eigenvalue weighted by molar-refractivity contribution is -0.144. The topological polar surface area (TPSA) is 49.4 Å². The van der Waals surface area contributed by atoms with Gasteiger partial charge in [-0.2, -0.15) is 0 Å². The number of carbonyl (C=O) groups excluding carboxylic acids is 2. The van der Waals surface area contributed by atoms with Crippen molar-refractivity contribution in [3.63, 3.8) is 0 Å². The van der Waals surface area contributed by atoms with Gasteiger partial charge in [0.1, 0.15) is 0 Å². The fourth-order valence-corrected chi connectivity index (χ4v) is 2.95. The van der Waals surface area contributed by atoms with Crippen LogP contribution in [0.15, 0.2) is 18.2 Å². The van der Waals surface area contributed by atoms with Crippen molar-refractivity contribution in [2.75, 3.05) is 18.4 Å². The second-order valence-corrected chi connectivity index (χ2v) is 6.63. The molecule has 0 aromatic heterocycles. The molecule has 1 aliphatic rings. The van der Waals surface area contributed by atoms with Crippen LogP contribution in [0.3, 0.4) is 0 Å². The van der Waals surface area contributed by atoms with Crippen LogP contribution in [0.5, 0.6) is 0 Å². The zero-order chi connectivity index (χ0) is 14.7. The molecule has 4 nitrogen and oxygen atoms in total. The smallest absolute Gasteiger partial charge is 0.313 e. The number of rotatable bonds is 1. The molecule has 1 saturated heterocycles. The molecule has 1 fully saturated rings. The van der Waals surface area contributed by atoms with Gasteiger partial charge in [-0.25, -0.2) is 0 Å². The summed E-state index contributed by atoms with van der Waals surface area (Å²) >= 11 is 2.22. The highest BCUT2D eigenvalue weighted by molar-refractivity contribution is 14.1. The fraction of sp³-hybridized carbons (Fsp3) is 0.467. The first kappa shape index (κ1) is 15.3. The van der Waals surface area contributed by atoms with Crippen LogP contribution in [0.2, 0.25) is 0 Å². The Morgan fingerprint density at radius 2 is 1.95 bits per heavy atom. The average molecular weight is 386 g/mol. The second kappa shape index (κ2) is 6.56. The molecule has 0 radical (unpaired) electrons. The highest BCUT2D eigenvalue weighted by Gasteiger charge is 2.25. The maximum atomic E-state index is 12.1. The molecule has 2 amide bonds. The molecule has 20 heavy (non-hydrogen) atoms. The van der Waals surface area contributed by atoms with E-state index in [-0.39, 0.29) is 0 Å². The minimum Gasteiger partial charge on any atom is -0.334 e. The Bertz CT molecular complexity index is 523. The quantitative estimate of drug-likeness (QED) is 0.596. The number of hydrogen-bond donors (Lipinski definition) is 1. The van der Waals surface area contributed by atoms with Crippen LogP contribution in [-0.2, 0) is 9.59 Å². The molecule has 1 aromatic carbocycles. The summed E-state index contributed by atoms with van der Waals surface area (Å²) in [4.78, 5) is 25.8. The van der Waals surface area contributed by atoms with Crippen molar-refractivity contribution in [2.45, 2.75) is 26.7 Å². The molecule has 1 heterocycles. The number of likely N-dealkylation sites (tertiary alicyclic amines) is 1. The second-order valence-electron chi connectivity index (χ2n) is 5.39. The van der Waals surface area contributed by atoms with Crippen LogP contribution < -0.4 is 5.32 Å². The summed E-state index contributed by atoms with van der Waals surface area (Å²) in [5, 5.41) is 2.71. The van der Waals surface area contributed by atoms with Crippen LogP contribution in [0.4, 0.5) is 5.69 Å². The first-order valence-electron chi connectivity index (χ1n) is 6.84. The molecule has 5 heteroatoms. The molecule has 0 unspecified atom stereocenters. The third-order valence-electron chi connectivity index (χ3n) is 3.70. The van der Waals surface area contributed by atoms with Gasteiger partial charge in [0.15, 0.2) is 0 Å². The van der Waals surface area contributed by atoms with Crippen molar-refractivity contribution in [1.82, 2.24) is 4.90 Å². The third-order valence-corrected chi connectivity index (χ3v) is 4.37. The Morgan fingerprint density at radius 3 is 2.55 bits per heavy atom. The number of amides is 2. The molecule has 1 aliphatic heterocycles. The Kier molecular flexibility index (Phi) is 5.01. The van der Waals surface area contributed by atoms with Crippen LogP contribution >= 0.6 is 22.6 Å². The van der Waals surface area contributed by atoms with Crippen molar-refractivity contribution in [3.8, 4) is 0 Å². The van der Waals surface area contributed by atoms with E-state index in [9.17, 15) is 9.59 Å². The van der Waals surface area contributed by atoms with Gasteiger partial charge in [-0.05, 0) is 72.0 Å². The van der Waals surface area contributed by atoms with Crippen molar-refractivity contribution in [2.24, 2.45) is 5.92 Å². The molecular formula is C15H19IN2O2. The molecule has 0 spiro atoms. The van der Waals surface area contributed by atoms with Crippen molar-refractivity contribution >= 4 is 40.1 Å². The SMILES string of the molecule is Cc1cc(I)ccc1NC(=O)C(=O)N1CCC(C)CC1. The molecular weight excluding hydrogens is 367 g/mol. The molecule has 1 aromatic rings. The van der Waals surface area contributed by atoms with Crippen molar-refractivity contribution in [3.05, 3.63) is 27.3 Å². The zero-order valence-corrected chi connectivity index (χ0v) is 13.9. The van der Waals surface area contributed by atoms with E-state index in [0.29, 0.717) is 24.7 Å². The lowest BCUT2D eigenvalue weighted by atomic mass is 9.99. The summed E-state index contributed by atoms with van der Waals surface area (Å²) in [5.74, 6) is -0.320. The number of anilines is 1. The Morgan fingerprint density at radius 1 is 1.30 bits per heavy atom. The predicted octanol–water partition coefficient (Wildman–Crippen LogP) is 2.80. The van der Waals surface area contributed by atoms with Gasteiger partial charge in [0.05, 0.1) is 0 Å². The van der Waals surface area contributed by atoms with E-state index in [1.54, 1.807) is 4.90 Å². The number of halogens is 1. The molecule has 0 aliphatic carbocycles. The van der Waals surface area contributed by atoms with E-state index in [1.165, 1.54) is 0 Å². The van der Waals surface area contributed by atoms with Crippen molar-refractivity contribution < 1.29 is 9.59 Å². The number of aryl methyl sites for hydroxylation is 1. The average Bonchev–Trinajstić information content (AvgIpc) is 2.42. The molecule has 0 atom stereocenters. The summed E-state index contributed by atoms with van der Waals surface area (Å²) in [7, 11) is 0. The summed E-state index contributed by atoms with van der Waals surface area (Å²) in [5.41, 5.74) is 1.67. The molecule has 108 valence electrons. The number of hydrogen-bond acceptors (Lipinski definition) is 2. The lowest BCUT2D eigenvalue weighted by Gasteiger charge is -2.29. The van der Waals surface area contributed by atoms with Gasteiger partial charge in [0, 0.05) is 22.3 Å². The first-order valence-corrected chi connectivity index (χ1v) is 7.91. The molecule has 2 rings (SSSR count). The van der Waals surface area contributed by atoms with Crippen LogP contribution in [0.1, 0.15) is 25.3 Å². The number of benzene rings is 1. The highest BCUT2D eigenvalue weighted by atomic mass is 127. The minimum absolute atomic E-state index is 0.421. The maximum Gasteiger partial charge on any atom is 0.313 e. The summed E-state index contributed by atoms with van der Waals surface area (Å²) in [6.07, 6.45) is 1.95. The molecule has 1 N–H and O–H groups in total. The largest absolute Gasteiger partial charge is 0.334 e. The standard InChI is InChI=1S/C15H19IN2O2/c1-10-5-7-18(8-6-10)15(20)14(19)17-13-4-3-12(16)9-11(13)2/h3-4,9-10H,5-8H2,1-2H3,(H,17,19). The maximum absolute atomic E-state index is 12.1. The molecule has 0 bridgehead atoms. The van der Waals surface area contributed by atoms with E-state index in [2.05, 4.69) is 34.8 Å². The zero-order valence-electron chi connectivity index (χ0n) is 11.8. The molecule has 0 saturated carbocycles. The lowest BCUT2D eigenvalue weighted by Crippen LogP contribution is -2.43.